The van der Waals surface area contributed by atoms with E-state index in [1.165, 1.54) is 0 Å². The zero-order chi connectivity index (χ0) is 17.1. The molecule has 0 spiro atoms. The van der Waals surface area contributed by atoms with Crippen molar-refractivity contribution in [2.24, 2.45) is 17.6 Å². The molecule has 6 heteroatoms. The highest BCUT2D eigenvalue weighted by molar-refractivity contribution is 5.87. The van der Waals surface area contributed by atoms with Crippen molar-refractivity contribution in [2.75, 3.05) is 13.1 Å². The number of hydrogen-bond donors (Lipinski definition) is 3. The van der Waals surface area contributed by atoms with Crippen LogP contribution in [0.4, 0.5) is 4.79 Å². The molecule has 1 saturated heterocycles. The van der Waals surface area contributed by atoms with E-state index in [1.807, 2.05) is 46.4 Å². The first-order chi connectivity index (χ1) is 10.0. The van der Waals surface area contributed by atoms with Crippen LogP contribution < -0.4 is 16.4 Å². The molecule has 3 amide bonds. The van der Waals surface area contributed by atoms with Crippen LogP contribution in [0.15, 0.2) is 0 Å². The molecule has 4 N–H and O–H groups in total. The molecule has 0 aromatic rings. The van der Waals surface area contributed by atoms with Crippen molar-refractivity contribution in [2.45, 2.75) is 65.6 Å². The molecule has 3 atom stereocenters. The molecule has 0 radical (unpaired) electrons. The van der Waals surface area contributed by atoms with Crippen LogP contribution in [0.5, 0.6) is 0 Å². The maximum Gasteiger partial charge on any atom is 0.315 e. The molecular weight excluding hydrogens is 280 g/mol. The van der Waals surface area contributed by atoms with Crippen LogP contribution in [-0.2, 0) is 4.79 Å². The lowest BCUT2D eigenvalue weighted by Gasteiger charge is -2.31. The third-order valence-electron chi connectivity index (χ3n) is 3.99. The van der Waals surface area contributed by atoms with E-state index in [1.54, 1.807) is 0 Å². The summed E-state index contributed by atoms with van der Waals surface area (Å²) in [6, 6.07) is -0.641. The standard InChI is InChI=1S/C16H32N4O2/c1-10(2)13(18-15(22)19-16(4,5)6)14(21)20-9-12(8-17)7-11(20)3/h10-13H,7-9,17H2,1-6H3,(H2,18,19,22)/t11?,12?,13-/m0/s1. The number of amides is 3. The molecular formula is C16H32N4O2. The fourth-order valence-electron chi connectivity index (χ4n) is 2.83. The van der Waals surface area contributed by atoms with Gasteiger partial charge in [-0.15, -0.1) is 0 Å². The molecule has 0 aromatic heterocycles. The third-order valence-corrected chi connectivity index (χ3v) is 3.99. The highest BCUT2D eigenvalue weighted by Crippen LogP contribution is 2.24. The number of likely N-dealkylation sites (tertiary alicyclic amines) is 1. The first-order valence-corrected chi connectivity index (χ1v) is 8.14. The van der Waals surface area contributed by atoms with Crippen LogP contribution >= 0.6 is 0 Å². The van der Waals surface area contributed by atoms with Gasteiger partial charge >= 0.3 is 6.03 Å². The summed E-state index contributed by atoms with van der Waals surface area (Å²) in [5.41, 5.74) is 5.39. The van der Waals surface area contributed by atoms with Gasteiger partial charge in [-0.25, -0.2) is 4.79 Å². The van der Waals surface area contributed by atoms with Gasteiger partial charge in [-0.1, -0.05) is 13.8 Å². The zero-order valence-electron chi connectivity index (χ0n) is 14.8. The van der Waals surface area contributed by atoms with Crippen LogP contribution in [0.25, 0.3) is 0 Å². The minimum Gasteiger partial charge on any atom is -0.338 e. The molecule has 0 aromatic carbocycles. The second kappa shape index (κ2) is 7.31. The van der Waals surface area contributed by atoms with Crippen molar-refractivity contribution in [3.05, 3.63) is 0 Å². The lowest BCUT2D eigenvalue weighted by molar-refractivity contribution is -0.134. The molecule has 22 heavy (non-hydrogen) atoms. The van der Waals surface area contributed by atoms with E-state index in [2.05, 4.69) is 10.6 Å². The Bertz CT molecular complexity index is 403. The Kier molecular flexibility index (Phi) is 6.23. The number of carbonyl (C=O) groups excluding carboxylic acids is 2. The molecule has 2 unspecified atom stereocenters. The van der Waals surface area contributed by atoms with Crippen LogP contribution in [0.3, 0.4) is 0 Å². The molecule has 1 fully saturated rings. The van der Waals surface area contributed by atoms with Crippen molar-refractivity contribution in [1.29, 1.82) is 0 Å². The first kappa shape index (κ1) is 18.7. The average molecular weight is 312 g/mol. The zero-order valence-corrected chi connectivity index (χ0v) is 14.8. The molecule has 0 aliphatic carbocycles. The SMILES string of the molecule is CC(C)[C@H](NC(=O)NC(C)(C)C)C(=O)N1CC(CN)CC1C. The Morgan fingerprint density at radius 3 is 2.32 bits per heavy atom. The summed E-state index contributed by atoms with van der Waals surface area (Å²) < 4.78 is 0. The number of nitrogens with zero attached hydrogens (tertiary/aromatic N) is 1. The van der Waals surface area contributed by atoms with Gasteiger partial charge in [-0.2, -0.15) is 0 Å². The summed E-state index contributed by atoms with van der Waals surface area (Å²) in [6.07, 6.45) is 0.932. The smallest absolute Gasteiger partial charge is 0.315 e. The summed E-state index contributed by atoms with van der Waals surface area (Å²) >= 11 is 0. The van der Waals surface area contributed by atoms with Crippen molar-refractivity contribution < 1.29 is 9.59 Å². The molecule has 1 heterocycles. The third kappa shape index (κ3) is 5.16. The molecule has 6 nitrogen and oxygen atoms in total. The average Bonchev–Trinajstić information content (AvgIpc) is 2.74. The quantitative estimate of drug-likeness (QED) is 0.731. The molecule has 0 bridgehead atoms. The number of urea groups is 1. The highest BCUT2D eigenvalue weighted by atomic mass is 16.2. The van der Waals surface area contributed by atoms with Crippen LogP contribution in [0.2, 0.25) is 0 Å². The Balaban J connectivity index is 2.74. The summed E-state index contributed by atoms with van der Waals surface area (Å²) in [6.45, 7) is 12.9. The molecule has 1 rings (SSSR count). The van der Waals surface area contributed by atoms with Gasteiger partial charge in [-0.05, 0) is 52.5 Å². The topological polar surface area (TPSA) is 87.5 Å². The predicted molar refractivity (Wildman–Crippen MR) is 88.4 cm³/mol. The number of hydrogen-bond acceptors (Lipinski definition) is 3. The number of rotatable bonds is 4. The maximum atomic E-state index is 12.8. The van der Waals surface area contributed by atoms with E-state index in [4.69, 9.17) is 5.73 Å². The fraction of sp³-hybridized carbons (Fsp3) is 0.875. The predicted octanol–water partition coefficient (Wildman–Crippen LogP) is 1.30. The van der Waals surface area contributed by atoms with E-state index < -0.39 is 6.04 Å². The van der Waals surface area contributed by atoms with Gasteiger partial charge in [0, 0.05) is 18.1 Å². The number of nitrogens with two attached hydrogens (primary N) is 1. The van der Waals surface area contributed by atoms with Crippen LogP contribution in [0.1, 0.15) is 48.0 Å². The Hall–Kier alpha value is -1.30. The minimum atomic E-state index is -0.513. The van der Waals surface area contributed by atoms with Gasteiger partial charge < -0.3 is 21.3 Å². The largest absolute Gasteiger partial charge is 0.338 e. The number of carbonyl (C=O) groups is 2. The number of nitrogens with one attached hydrogen (secondary N) is 2. The summed E-state index contributed by atoms with van der Waals surface area (Å²) in [7, 11) is 0. The van der Waals surface area contributed by atoms with E-state index in [-0.39, 0.29) is 29.4 Å². The minimum absolute atomic E-state index is 0.0116. The normalized spacial score (nSPS) is 23.5. The van der Waals surface area contributed by atoms with E-state index in [0.717, 1.165) is 6.42 Å². The molecule has 0 saturated carbocycles. The maximum absolute atomic E-state index is 12.8. The van der Waals surface area contributed by atoms with Gasteiger partial charge in [0.25, 0.3) is 0 Å². The Labute approximate surface area is 134 Å². The summed E-state index contributed by atoms with van der Waals surface area (Å²) in [5.74, 6) is 0.375. The van der Waals surface area contributed by atoms with Gasteiger partial charge in [0.15, 0.2) is 0 Å². The van der Waals surface area contributed by atoms with E-state index in [9.17, 15) is 9.59 Å². The summed E-state index contributed by atoms with van der Waals surface area (Å²) in [4.78, 5) is 26.7. The monoisotopic (exact) mass is 312 g/mol. The van der Waals surface area contributed by atoms with Gasteiger partial charge in [-0.3, -0.25) is 4.79 Å². The van der Waals surface area contributed by atoms with Crippen molar-refractivity contribution in [1.82, 2.24) is 15.5 Å². The second-order valence-electron chi connectivity index (χ2n) is 7.75. The van der Waals surface area contributed by atoms with Gasteiger partial charge in [0.05, 0.1) is 0 Å². The molecule has 1 aliphatic heterocycles. The summed E-state index contributed by atoms with van der Waals surface area (Å²) in [5, 5.41) is 5.67. The second-order valence-corrected chi connectivity index (χ2v) is 7.75. The highest BCUT2D eigenvalue weighted by Gasteiger charge is 2.37. The van der Waals surface area contributed by atoms with E-state index >= 15 is 0 Å². The van der Waals surface area contributed by atoms with Gasteiger partial charge in [0.1, 0.15) is 6.04 Å². The van der Waals surface area contributed by atoms with Crippen molar-refractivity contribution in [3.63, 3.8) is 0 Å². The van der Waals surface area contributed by atoms with Crippen LogP contribution in [-0.4, -0.2) is 47.6 Å². The Morgan fingerprint density at radius 2 is 1.91 bits per heavy atom. The van der Waals surface area contributed by atoms with E-state index in [0.29, 0.717) is 19.0 Å². The molecule has 1 aliphatic rings. The van der Waals surface area contributed by atoms with Crippen molar-refractivity contribution in [3.8, 4) is 0 Å². The lowest BCUT2D eigenvalue weighted by Crippen LogP contribution is -2.56. The lowest BCUT2D eigenvalue weighted by atomic mass is 10.0. The van der Waals surface area contributed by atoms with Crippen molar-refractivity contribution >= 4 is 11.9 Å². The Morgan fingerprint density at radius 1 is 1.32 bits per heavy atom. The van der Waals surface area contributed by atoms with Gasteiger partial charge in [0.2, 0.25) is 5.91 Å². The van der Waals surface area contributed by atoms with Crippen LogP contribution in [0, 0.1) is 11.8 Å². The molecule has 128 valence electrons. The first-order valence-electron chi connectivity index (χ1n) is 8.14. The fourth-order valence-corrected chi connectivity index (χ4v) is 2.83.